The summed E-state index contributed by atoms with van der Waals surface area (Å²) in [6.07, 6.45) is 0. The highest BCUT2D eigenvalue weighted by atomic mass is 32.2. The first kappa shape index (κ1) is 14.8. The molecule has 1 N–H and O–H groups in total. The van der Waals surface area contributed by atoms with Gasteiger partial charge in [0.25, 0.3) is 0 Å². The number of ether oxygens (including phenoxy) is 2. The Morgan fingerprint density at radius 3 is 2.64 bits per heavy atom. The van der Waals surface area contributed by atoms with Crippen LogP contribution in [0.1, 0.15) is 5.56 Å². The van der Waals surface area contributed by atoms with Crippen LogP contribution < -0.4 is 9.47 Å². The van der Waals surface area contributed by atoms with Crippen LogP contribution in [0.4, 0.5) is 0 Å². The second-order valence-corrected chi connectivity index (χ2v) is 6.02. The lowest BCUT2D eigenvalue weighted by Gasteiger charge is -2.05. The molecule has 0 spiro atoms. The van der Waals surface area contributed by atoms with Gasteiger partial charge in [0, 0.05) is 11.8 Å². The van der Waals surface area contributed by atoms with Gasteiger partial charge in [0.2, 0.25) is 0 Å². The van der Waals surface area contributed by atoms with Crippen molar-refractivity contribution < 1.29 is 9.47 Å². The van der Waals surface area contributed by atoms with E-state index in [1.165, 1.54) is 5.56 Å². The number of H-pyrrole nitrogens is 1. The molecule has 0 aliphatic heterocycles. The molecule has 0 aliphatic carbocycles. The number of methoxy groups -OCH3 is 1. The van der Waals surface area contributed by atoms with Crippen molar-refractivity contribution in [2.75, 3.05) is 19.5 Å². The Morgan fingerprint density at radius 1 is 1.09 bits per heavy atom. The Morgan fingerprint density at radius 2 is 1.86 bits per heavy atom. The Kier molecular flexibility index (Phi) is 4.53. The van der Waals surface area contributed by atoms with E-state index in [2.05, 4.69) is 29.0 Å². The number of nitrogens with one attached hydrogen (secondary N) is 1. The number of hydrogen-bond acceptors (Lipinski definition) is 4. The number of aromatic amines is 1. The molecule has 0 radical (unpaired) electrons. The summed E-state index contributed by atoms with van der Waals surface area (Å²) in [6, 6.07) is 13.9. The van der Waals surface area contributed by atoms with Gasteiger partial charge in [-0.1, -0.05) is 29.5 Å². The number of imidazole rings is 1. The number of fused-ring (bicyclic) bond motifs is 1. The van der Waals surface area contributed by atoms with E-state index >= 15 is 0 Å². The minimum Gasteiger partial charge on any atom is -0.497 e. The van der Waals surface area contributed by atoms with Crippen molar-refractivity contribution in [2.45, 2.75) is 12.1 Å². The number of benzene rings is 2. The van der Waals surface area contributed by atoms with E-state index in [1.807, 2.05) is 30.3 Å². The summed E-state index contributed by atoms with van der Waals surface area (Å²) < 4.78 is 10.9. The zero-order chi connectivity index (χ0) is 15.4. The van der Waals surface area contributed by atoms with E-state index < -0.39 is 0 Å². The highest BCUT2D eigenvalue weighted by Crippen LogP contribution is 2.23. The van der Waals surface area contributed by atoms with Crippen LogP contribution in [0.2, 0.25) is 0 Å². The zero-order valence-corrected chi connectivity index (χ0v) is 13.4. The molecule has 1 aromatic heterocycles. The number of rotatable bonds is 6. The van der Waals surface area contributed by atoms with E-state index in [1.54, 1.807) is 18.9 Å². The molecule has 1 heterocycles. The molecular weight excluding hydrogens is 296 g/mol. The SMILES string of the molecule is COc1ccc2nc(SCCOc3ccc(C)cc3)[nH]c2c1. The zero-order valence-electron chi connectivity index (χ0n) is 12.6. The number of hydrogen-bond donors (Lipinski definition) is 1. The molecule has 0 atom stereocenters. The van der Waals surface area contributed by atoms with Crippen molar-refractivity contribution >= 4 is 22.8 Å². The highest BCUT2D eigenvalue weighted by molar-refractivity contribution is 7.99. The van der Waals surface area contributed by atoms with E-state index in [4.69, 9.17) is 9.47 Å². The molecule has 5 heteroatoms. The maximum absolute atomic E-state index is 5.71. The van der Waals surface area contributed by atoms with E-state index in [0.29, 0.717) is 6.61 Å². The lowest BCUT2D eigenvalue weighted by Crippen LogP contribution is -2.00. The number of nitrogens with zero attached hydrogens (tertiary/aromatic N) is 1. The van der Waals surface area contributed by atoms with Gasteiger partial charge in [0.05, 0.1) is 24.8 Å². The van der Waals surface area contributed by atoms with Crippen LogP contribution in [0.3, 0.4) is 0 Å². The predicted octanol–water partition coefficient (Wildman–Crippen LogP) is 4.05. The maximum Gasteiger partial charge on any atom is 0.166 e. The van der Waals surface area contributed by atoms with Crippen molar-refractivity contribution in [1.82, 2.24) is 9.97 Å². The lowest BCUT2D eigenvalue weighted by atomic mass is 10.2. The van der Waals surface area contributed by atoms with Crippen LogP contribution in [0.25, 0.3) is 11.0 Å². The molecule has 114 valence electrons. The molecule has 0 bridgehead atoms. The molecule has 0 fully saturated rings. The van der Waals surface area contributed by atoms with Gasteiger partial charge in [-0.2, -0.15) is 0 Å². The predicted molar refractivity (Wildman–Crippen MR) is 90.0 cm³/mol. The average molecular weight is 314 g/mol. The van der Waals surface area contributed by atoms with Gasteiger partial charge in [-0.05, 0) is 31.2 Å². The van der Waals surface area contributed by atoms with Gasteiger partial charge in [0.1, 0.15) is 11.5 Å². The summed E-state index contributed by atoms with van der Waals surface area (Å²) >= 11 is 1.65. The van der Waals surface area contributed by atoms with Crippen molar-refractivity contribution in [1.29, 1.82) is 0 Å². The fraction of sp³-hybridized carbons (Fsp3) is 0.235. The normalized spacial score (nSPS) is 10.8. The van der Waals surface area contributed by atoms with Gasteiger partial charge in [-0.3, -0.25) is 0 Å². The minimum atomic E-state index is 0.647. The van der Waals surface area contributed by atoms with E-state index in [-0.39, 0.29) is 0 Å². The van der Waals surface area contributed by atoms with Crippen LogP contribution in [0.5, 0.6) is 11.5 Å². The van der Waals surface area contributed by atoms with E-state index in [0.717, 1.165) is 33.4 Å². The second kappa shape index (κ2) is 6.75. The van der Waals surface area contributed by atoms with Gasteiger partial charge in [-0.25, -0.2) is 4.98 Å². The van der Waals surface area contributed by atoms with Crippen molar-refractivity contribution in [3.8, 4) is 11.5 Å². The smallest absolute Gasteiger partial charge is 0.166 e. The minimum absolute atomic E-state index is 0.647. The summed E-state index contributed by atoms with van der Waals surface area (Å²) in [5.74, 6) is 2.57. The molecule has 2 aromatic carbocycles. The topological polar surface area (TPSA) is 47.1 Å². The molecular formula is C17H18N2O2S. The number of aromatic nitrogens is 2. The summed E-state index contributed by atoms with van der Waals surface area (Å²) in [5.41, 5.74) is 3.17. The lowest BCUT2D eigenvalue weighted by molar-refractivity contribution is 0.344. The first-order valence-electron chi connectivity index (χ1n) is 7.10. The van der Waals surface area contributed by atoms with E-state index in [9.17, 15) is 0 Å². The molecule has 3 rings (SSSR count). The van der Waals surface area contributed by atoms with Crippen LogP contribution in [0, 0.1) is 6.92 Å². The standard InChI is InChI=1S/C17H18N2O2S/c1-12-3-5-13(6-4-12)21-9-10-22-17-18-15-8-7-14(20-2)11-16(15)19-17/h3-8,11H,9-10H2,1-2H3,(H,18,19). The highest BCUT2D eigenvalue weighted by Gasteiger charge is 2.04. The quantitative estimate of drug-likeness (QED) is 0.551. The molecule has 3 aromatic rings. The molecule has 4 nitrogen and oxygen atoms in total. The van der Waals surface area contributed by atoms with Gasteiger partial charge in [-0.15, -0.1) is 0 Å². The Balaban J connectivity index is 1.54. The first-order chi connectivity index (χ1) is 10.7. The monoisotopic (exact) mass is 314 g/mol. The summed E-state index contributed by atoms with van der Waals surface area (Å²) in [6.45, 7) is 2.71. The molecule has 22 heavy (non-hydrogen) atoms. The third-order valence-corrected chi connectivity index (χ3v) is 4.12. The Labute approximate surface area is 133 Å². The number of thioether (sulfide) groups is 1. The fourth-order valence-electron chi connectivity index (χ4n) is 2.09. The van der Waals surface area contributed by atoms with Gasteiger partial charge in [0.15, 0.2) is 5.16 Å². The van der Waals surface area contributed by atoms with Gasteiger partial charge >= 0.3 is 0 Å². The largest absolute Gasteiger partial charge is 0.497 e. The third-order valence-electron chi connectivity index (χ3n) is 3.28. The molecule has 0 aliphatic rings. The average Bonchev–Trinajstić information content (AvgIpc) is 2.95. The molecule has 0 unspecified atom stereocenters. The van der Waals surface area contributed by atoms with Crippen molar-refractivity contribution in [3.63, 3.8) is 0 Å². The first-order valence-corrected chi connectivity index (χ1v) is 8.09. The maximum atomic E-state index is 5.71. The van der Waals surface area contributed by atoms with Gasteiger partial charge < -0.3 is 14.5 Å². The van der Waals surface area contributed by atoms with Crippen LogP contribution in [-0.4, -0.2) is 29.4 Å². The van der Waals surface area contributed by atoms with Crippen LogP contribution in [-0.2, 0) is 0 Å². The summed E-state index contributed by atoms with van der Waals surface area (Å²) in [5, 5.41) is 0.899. The Bertz CT molecular complexity index is 753. The Hall–Kier alpha value is -2.14. The van der Waals surface area contributed by atoms with Crippen LogP contribution >= 0.6 is 11.8 Å². The summed E-state index contributed by atoms with van der Waals surface area (Å²) in [4.78, 5) is 7.83. The molecule has 0 saturated heterocycles. The second-order valence-electron chi connectivity index (χ2n) is 4.94. The molecule has 0 amide bonds. The fourth-order valence-corrected chi connectivity index (χ4v) is 2.80. The molecule has 0 saturated carbocycles. The van der Waals surface area contributed by atoms with Crippen molar-refractivity contribution in [3.05, 3.63) is 48.0 Å². The summed E-state index contributed by atoms with van der Waals surface area (Å²) in [7, 11) is 1.66. The number of aryl methyl sites for hydroxylation is 1. The van der Waals surface area contributed by atoms with Crippen LogP contribution in [0.15, 0.2) is 47.6 Å². The van der Waals surface area contributed by atoms with Crippen molar-refractivity contribution in [2.24, 2.45) is 0 Å². The third kappa shape index (κ3) is 3.54.